The Balaban J connectivity index is 1.53. The summed E-state index contributed by atoms with van der Waals surface area (Å²) in [5.74, 6) is 0.0592. The Morgan fingerprint density at radius 1 is 1.23 bits per heavy atom. The molecular formula is C18H29N5O3. The molecule has 0 aromatic carbocycles. The summed E-state index contributed by atoms with van der Waals surface area (Å²) in [5.41, 5.74) is 2.55. The Labute approximate surface area is 154 Å². The van der Waals surface area contributed by atoms with Crippen LogP contribution in [0.4, 0.5) is 5.69 Å². The van der Waals surface area contributed by atoms with Crippen LogP contribution in [0.15, 0.2) is 0 Å². The number of anilines is 1. The number of hydrogen-bond donors (Lipinski definition) is 1. The maximum atomic E-state index is 12.7. The first-order valence-electron chi connectivity index (χ1n) is 9.34. The summed E-state index contributed by atoms with van der Waals surface area (Å²) >= 11 is 0. The third-order valence-electron chi connectivity index (χ3n) is 5.52. The van der Waals surface area contributed by atoms with Crippen LogP contribution in [0, 0.1) is 13.8 Å². The van der Waals surface area contributed by atoms with Crippen LogP contribution in [-0.2, 0) is 21.4 Å². The van der Waals surface area contributed by atoms with Crippen LogP contribution in [0.3, 0.4) is 0 Å². The highest BCUT2D eigenvalue weighted by molar-refractivity contribution is 5.95. The first-order chi connectivity index (χ1) is 12.4. The van der Waals surface area contributed by atoms with Gasteiger partial charge in [0.1, 0.15) is 6.10 Å². The molecule has 2 atom stereocenters. The summed E-state index contributed by atoms with van der Waals surface area (Å²) in [6.07, 6.45) is 1.52. The van der Waals surface area contributed by atoms with Crippen molar-refractivity contribution < 1.29 is 14.3 Å². The van der Waals surface area contributed by atoms with E-state index in [-0.39, 0.29) is 24.0 Å². The lowest BCUT2D eigenvalue weighted by Crippen LogP contribution is -2.55. The zero-order chi connectivity index (χ0) is 18.8. The maximum Gasteiger partial charge on any atom is 0.251 e. The van der Waals surface area contributed by atoms with Gasteiger partial charge in [-0.15, -0.1) is 0 Å². The number of nitrogens with one attached hydrogen (secondary N) is 1. The maximum absolute atomic E-state index is 12.7. The van der Waals surface area contributed by atoms with Crippen molar-refractivity contribution >= 4 is 17.5 Å². The summed E-state index contributed by atoms with van der Waals surface area (Å²) in [6.45, 7) is 9.09. The zero-order valence-corrected chi connectivity index (χ0v) is 16.1. The van der Waals surface area contributed by atoms with Crippen molar-refractivity contribution in [1.82, 2.24) is 19.6 Å². The highest BCUT2D eigenvalue weighted by Crippen LogP contribution is 2.20. The van der Waals surface area contributed by atoms with Gasteiger partial charge in [0.05, 0.1) is 23.1 Å². The molecule has 2 fully saturated rings. The van der Waals surface area contributed by atoms with Gasteiger partial charge in [0.2, 0.25) is 5.91 Å². The topological polar surface area (TPSA) is 79.7 Å². The molecule has 0 bridgehead atoms. The fourth-order valence-corrected chi connectivity index (χ4v) is 3.65. The number of aryl methyl sites for hydroxylation is 2. The molecule has 1 N–H and O–H groups in total. The van der Waals surface area contributed by atoms with Gasteiger partial charge in [-0.1, -0.05) is 0 Å². The molecule has 0 aliphatic carbocycles. The van der Waals surface area contributed by atoms with E-state index in [0.29, 0.717) is 32.8 Å². The Morgan fingerprint density at radius 3 is 2.46 bits per heavy atom. The smallest absolute Gasteiger partial charge is 0.251 e. The highest BCUT2D eigenvalue weighted by Gasteiger charge is 2.32. The summed E-state index contributed by atoms with van der Waals surface area (Å²) in [5, 5.41) is 7.35. The van der Waals surface area contributed by atoms with Gasteiger partial charge in [0.15, 0.2) is 0 Å². The number of rotatable bonds is 4. The average molecular weight is 363 g/mol. The van der Waals surface area contributed by atoms with E-state index in [1.807, 2.05) is 32.7 Å². The lowest BCUT2D eigenvalue weighted by atomic mass is 10.1. The Bertz CT molecular complexity index is 673. The summed E-state index contributed by atoms with van der Waals surface area (Å²) in [7, 11) is 1.87. The third-order valence-corrected chi connectivity index (χ3v) is 5.52. The minimum Gasteiger partial charge on any atom is -0.368 e. The first kappa shape index (κ1) is 18.8. The number of carbonyl (C=O) groups excluding carboxylic acids is 2. The van der Waals surface area contributed by atoms with E-state index in [0.717, 1.165) is 29.9 Å². The number of amides is 2. The van der Waals surface area contributed by atoms with Crippen LogP contribution in [0.5, 0.6) is 0 Å². The van der Waals surface area contributed by atoms with Gasteiger partial charge in [-0.05, 0) is 33.6 Å². The third kappa shape index (κ3) is 3.76. The van der Waals surface area contributed by atoms with Crippen LogP contribution in [0.2, 0.25) is 0 Å². The predicted octanol–water partition coefficient (Wildman–Crippen LogP) is 0.687. The Morgan fingerprint density at radius 2 is 1.92 bits per heavy atom. The van der Waals surface area contributed by atoms with Gasteiger partial charge >= 0.3 is 0 Å². The van der Waals surface area contributed by atoms with Crippen LogP contribution in [0.25, 0.3) is 0 Å². The van der Waals surface area contributed by atoms with Crippen molar-refractivity contribution in [3.63, 3.8) is 0 Å². The van der Waals surface area contributed by atoms with Gasteiger partial charge in [-0.3, -0.25) is 19.2 Å². The van der Waals surface area contributed by atoms with Crippen molar-refractivity contribution in [1.29, 1.82) is 0 Å². The van der Waals surface area contributed by atoms with Crippen LogP contribution < -0.4 is 5.32 Å². The fourth-order valence-electron chi connectivity index (χ4n) is 3.65. The van der Waals surface area contributed by atoms with Crippen molar-refractivity contribution in [2.24, 2.45) is 7.05 Å². The lowest BCUT2D eigenvalue weighted by Gasteiger charge is -2.38. The minimum absolute atomic E-state index is 0.0388. The molecule has 144 valence electrons. The van der Waals surface area contributed by atoms with Gasteiger partial charge in [0.25, 0.3) is 5.91 Å². The molecule has 2 amide bonds. The van der Waals surface area contributed by atoms with E-state index in [1.165, 1.54) is 0 Å². The van der Waals surface area contributed by atoms with Crippen molar-refractivity contribution in [2.75, 3.05) is 38.1 Å². The van der Waals surface area contributed by atoms with Crippen LogP contribution in [0.1, 0.15) is 31.2 Å². The average Bonchev–Trinajstić information content (AvgIpc) is 3.25. The van der Waals surface area contributed by atoms with E-state index in [1.54, 1.807) is 4.68 Å². The van der Waals surface area contributed by atoms with E-state index < -0.39 is 0 Å². The van der Waals surface area contributed by atoms with Gasteiger partial charge in [-0.2, -0.15) is 5.10 Å². The number of hydrogen-bond acceptors (Lipinski definition) is 5. The molecule has 2 aliphatic heterocycles. The van der Waals surface area contributed by atoms with E-state index in [9.17, 15) is 9.59 Å². The molecular weight excluding hydrogens is 334 g/mol. The van der Waals surface area contributed by atoms with E-state index in [4.69, 9.17) is 4.74 Å². The lowest BCUT2D eigenvalue weighted by molar-refractivity contribution is -0.143. The molecule has 1 aromatic heterocycles. The second-order valence-corrected chi connectivity index (χ2v) is 7.20. The van der Waals surface area contributed by atoms with Gasteiger partial charge in [-0.25, -0.2) is 0 Å². The molecule has 0 radical (unpaired) electrons. The van der Waals surface area contributed by atoms with Crippen molar-refractivity contribution in [3.05, 3.63) is 11.4 Å². The van der Waals surface area contributed by atoms with E-state index in [2.05, 4.69) is 15.3 Å². The summed E-state index contributed by atoms with van der Waals surface area (Å²) in [4.78, 5) is 29.1. The fraction of sp³-hybridized carbons (Fsp3) is 0.722. The first-order valence-corrected chi connectivity index (χ1v) is 9.34. The van der Waals surface area contributed by atoms with Gasteiger partial charge < -0.3 is 15.0 Å². The molecule has 1 aromatic rings. The second-order valence-electron chi connectivity index (χ2n) is 7.20. The normalized spacial score (nSPS) is 22.5. The van der Waals surface area contributed by atoms with Crippen LogP contribution in [-0.4, -0.2) is 76.3 Å². The summed E-state index contributed by atoms with van der Waals surface area (Å²) in [6, 6.07) is -0.256. The Kier molecular flexibility index (Phi) is 5.62. The largest absolute Gasteiger partial charge is 0.368 e. The van der Waals surface area contributed by atoms with Crippen LogP contribution >= 0.6 is 0 Å². The molecule has 26 heavy (non-hydrogen) atoms. The predicted molar refractivity (Wildman–Crippen MR) is 97.9 cm³/mol. The van der Waals surface area contributed by atoms with E-state index >= 15 is 0 Å². The molecule has 2 unspecified atom stereocenters. The zero-order valence-electron chi connectivity index (χ0n) is 16.1. The van der Waals surface area contributed by atoms with Crippen molar-refractivity contribution in [2.45, 2.75) is 45.8 Å². The number of nitrogens with zero attached hydrogens (tertiary/aromatic N) is 4. The highest BCUT2D eigenvalue weighted by atomic mass is 16.5. The summed E-state index contributed by atoms with van der Waals surface area (Å²) < 4.78 is 7.26. The molecule has 3 heterocycles. The molecule has 2 aliphatic rings. The van der Waals surface area contributed by atoms with Gasteiger partial charge in [0, 0.05) is 39.8 Å². The SMILES string of the molecule is Cc1nn(C)c(C)c1NC(=O)C(C)N1CCN(C(=O)C2CCCO2)CC1. The number of piperazine rings is 1. The standard InChI is InChI=1S/C18H29N5O3/c1-12-16(13(2)21(4)20-12)19-17(24)14(3)22-7-9-23(10-8-22)18(25)15-6-5-11-26-15/h14-15H,5-11H2,1-4H3,(H,19,24). The minimum atomic E-state index is -0.265. The Hall–Kier alpha value is -1.93. The quantitative estimate of drug-likeness (QED) is 0.851. The number of carbonyl (C=O) groups is 2. The number of aromatic nitrogens is 2. The molecule has 0 spiro atoms. The molecule has 0 saturated carbocycles. The second kappa shape index (κ2) is 7.75. The molecule has 2 saturated heterocycles. The van der Waals surface area contributed by atoms with Crippen molar-refractivity contribution in [3.8, 4) is 0 Å². The molecule has 8 nitrogen and oxygen atoms in total. The molecule has 8 heteroatoms. The number of ether oxygens (including phenoxy) is 1. The monoisotopic (exact) mass is 363 g/mol. The molecule has 3 rings (SSSR count).